The van der Waals surface area contributed by atoms with Crippen LogP contribution in [0.5, 0.6) is 0 Å². The van der Waals surface area contributed by atoms with Crippen molar-refractivity contribution < 1.29 is 19.1 Å². The molecule has 0 spiro atoms. The second-order valence-corrected chi connectivity index (χ2v) is 9.67. The Bertz CT molecular complexity index is 1240. The lowest BCUT2D eigenvalue weighted by Crippen LogP contribution is -2.39. The highest BCUT2D eigenvalue weighted by Crippen LogP contribution is 2.49. The minimum atomic E-state index is -1.38. The summed E-state index contributed by atoms with van der Waals surface area (Å²) < 4.78 is 5.49. The Hall–Kier alpha value is -3.47. The van der Waals surface area contributed by atoms with E-state index in [1.54, 1.807) is 26.0 Å². The largest absolute Gasteiger partial charge is 0.510 e. The molecule has 3 rings (SSSR count). The number of benzene rings is 1. The maximum Gasteiger partial charge on any atom is 0.336 e. The highest BCUT2D eigenvalue weighted by molar-refractivity contribution is 6.28. The average molecular weight is 461 g/mol. The standard InChI is InChI=1S/C29H32O5/c1-17(2)12-14-29(15-13-18(3)4)27(32)23-21(20-10-8-7-9-11-20)16-22(30)34-26(23)24(28(29)33)25(31)19(5)6/h7-13,16,19,33H,14-15H2,1-6H3. The van der Waals surface area contributed by atoms with Gasteiger partial charge in [-0.1, -0.05) is 67.5 Å². The number of rotatable bonds is 7. The van der Waals surface area contributed by atoms with Crippen LogP contribution in [0.3, 0.4) is 0 Å². The number of carbonyl (C=O) groups is 2. The Balaban J connectivity index is 2.48. The number of carbonyl (C=O) groups excluding carboxylic acids is 2. The van der Waals surface area contributed by atoms with Crippen molar-refractivity contribution in [3.8, 4) is 11.1 Å². The number of allylic oxidation sites excluding steroid dienone is 6. The summed E-state index contributed by atoms with van der Waals surface area (Å²) in [6.45, 7) is 11.1. The monoisotopic (exact) mass is 460 g/mol. The van der Waals surface area contributed by atoms with E-state index >= 15 is 0 Å². The summed E-state index contributed by atoms with van der Waals surface area (Å²) in [5.74, 6) is -1.69. The number of aliphatic hydroxyl groups is 1. The van der Waals surface area contributed by atoms with E-state index in [0.717, 1.165) is 11.1 Å². The number of hydrogen-bond donors (Lipinski definition) is 1. The first-order chi connectivity index (χ1) is 16.0. The molecule has 1 N–H and O–H groups in total. The average Bonchev–Trinajstić information content (AvgIpc) is 2.78. The van der Waals surface area contributed by atoms with Crippen LogP contribution in [0.1, 0.15) is 70.5 Å². The van der Waals surface area contributed by atoms with Gasteiger partial charge in [0.25, 0.3) is 0 Å². The summed E-state index contributed by atoms with van der Waals surface area (Å²) in [4.78, 5) is 40.2. The van der Waals surface area contributed by atoms with E-state index in [-0.39, 0.29) is 47.1 Å². The smallest absolute Gasteiger partial charge is 0.336 e. The fourth-order valence-electron chi connectivity index (χ4n) is 4.17. The van der Waals surface area contributed by atoms with Gasteiger partial charge in [0.2, 0.25) is 0 Å². The normalized spacial score (nSPS) is 14.6. The second-order valence-electron chi connectivity index (χ2n) is 9.67. The first kappa shape index (κ1) is 25.2. The van der Waals surface area contributed by atoms with Crippen molar-refractivity contribution in [2.24, 2.45) is 11.3 Å². The van der Waals surface area contributed by atoms with Gasteiger partial charge in [-0.2, -0.15) is 0 Å². The lowest BCUT2D eigenvalue weighted by molar-refractivity contribution is -0.116. The third-order valence-corrected chi connectivity index (χ3v) is 6.11. The van der Waals surface area contributed by atoms with Crippen LogP contribution in [0.15, 0.2) is 74.7 Å². The molecule has 0 saturated carbocycles. The SMILES string of the molecule is CC(C)=CCC1(CC=C(C)C)C(=O)c2c(-c3ccccc3)cc(=O)oc2C(C(=O)C(C)C)=C1O. The summed E-state index contributed by atoms with van der Waals surface area (Å²) in [6.07, 6.45) is 4.23. The van der Waals surface area contributed by atoms with Crippen LogP contribution in [0.25, 0.3) is 16.7 Å². The number of fused-ring (bicyclic) bond motifs is 1. The molecular formula is C29H32O5. The Labute approximate surface area is 200 Å². The third-order valence-electron chi connectivity index (χ3n) is 6.11. The van der Waals surface area contributed by atoms with E-state index in [4.69, 9.17) is 4.42 Å². The van der Waals surface area contributed by atoms with Crippen LogP contribution in [-0.2, 0) is 4.79 Å². The van der Waals surface area contributed by atoms with E-state index in [9.17, 15) is 19.5 Å². The van der Waals surface area contributed by atoms with Gasteiger partial charge in [0.15, 0.2) is 17.3 Å². The van der Waals surface area contributed by atoms with Crippen molar-refractivity contribution in [3.63, 3.8) is 0 Å². The molecule has 178 valence electrons. The number of ketones is 2. The maximum atomic E-state index is 14.3. The fourth-order valence-corrected chi connectivity index (χ4v) is 4.17. The van der Waals surface area contributed by atoms with Gasteiger partial charge in [-0.3, -0.25) is 9.59 Å². The highest BCUT2D eigenvalue weighted by Gasteiger charge is 2.51. The maximum absolute atomic E-state index is 14.3. The molecule has 0 radical (unpaired) electrons. The predicted molar refractivity (Wildman–Crippen MR) is 135 cm³/mol. The zero-order valence-electron chi connectivity index (χ0n) is 20.7. The van der Waals surface area contributed by atoms with E-state index in [1.165, 1.54) is 6.07 Å². The molecule has 0 bridgehead atoms. The van der Waals surface area contributed by atoms with Crippen LogP contribution in [0.4, 0.5) is 0 Å². The van der Waals surface area contributed by atoms with Gasteiger partial charge in [0.05, 0.1) is 16.6 Å². The Morgan fingerprint density at radius 3 is 2.06 bits per heavy atom. The van der Waals surface area contributed by atoms with E-state index in [2.05, 4.69) is 0 Å². The van der Waals surface area contributed by atoms with E-state index in [1.807, 2.05) is 58.0 Å². The molecule has 0 amide bonds. The highest BCUT2D eigenvalue weighted by atomic mass is 16.4. The lowest BCUT2D eigenvalue weighted by Gasteiger charge is -2.36. The summed E-state index contributed by atoms with van der Waals surface area (Å²) in [5, 5.41) is 11.6. The van der Waals surface area contributed by atoms with Crippen molar-refractivity contribution in [2.75, 3.05) is 0 Å². The lowest BCUT2D eigenvalue weighted by atomic mass is 9.65. The van der Waals surface area contributed by atoms with Crippen molar-refractivity contribution >= 4 is 17.1 Å². The third kappa shape index (κ3) is 4.60. The molecule has 0 fully saturated rings. The van der Waals surface area contributed by atoms with Crippen LogP contribution >= 0.6 is 0 Å². The molecule has 0 aliphatic heterocycles. The molecule has 0 unspecified atom stereocenters. The van der Waals surface area contributed by atoms with Gasteiger partial charge >= 0.3 is 5.63 Å². The molecule has 5 heteroatoms. The van der Waals surface area contributed by atoms with Gasteiger partial charge in [0, 0.05) is 17.5 Å². The predicted octanol–water partition coefficient (Wildman–Crippen LogP) is 6.70. The first-order valence-corrected chi connectivity index (χ1v) is 11.5. The summed E-state index contributed by atoms with van der Waals surface area (Å²) >= 11 is 0. The molecule has 1 heterocycles. The van der Waals surface area contributed by atoms with Crippen molar-refractivity contribution in [2.45, 2.75) is 54.4 Å². The molecule has 5 nitrogen and oxygen atoms in total. The molecule has 34 heavy (non-hydrogen) atoms. The van der Waals surface area contributed by atoms with Crippen LogP contribution in [-0.4, -0.2) is 16.7 Å². The Morgan fingerprint density at radius 2 is 1.56 bits per heavy atom. The van der Waals surface area contributed by atoms with Gasteiger partial charge in [-0.05, 0) is 46.1 Å². The van der Waals surface area contributed by atoms with Gasteiger partial charge in [-0.15, -0.1) is 0 Å². The molecule has 0 saturated heterocycles. The summed E-state index contributed by atoms with van der Waals surface area (Å²) in [6, 6.07) is 10.4. The van der Waals surface area contributed by atoms with Gasteiger partial charge in [-0.25, -0.2) is 4.79 Å². The minimum absolute atomic E-state index is 0.0798. The molecule has 1 aliphatic rings. The number of Topliss-reactive ketones (excluding diaryl/α,β-unsaturated/α-hetero) is 2. The second kappa shape index (κ2) is 9.80. The molecular weight excluding hydrogens is 428 g/mol. The molecule has 2 aromatic rings. The number of hydrogen-bond acceptors (Lipinski definition) is 5. The topological polar surface area (TPSA) is 84.6 Å². The molecule has 0 atom stereocenters. The van der Waals surface area contributed by atoms with Crippen LogP contribution < -0.4 is 5.63 Å². The number of aliphatic hydroxyl groups excluding tert-OH is 1. The Kier molecular flexibility index (Phi) is 7.25. The zero-order chi connectivity index (χ0) is 25.2. The molecule has 1 aromatic heterocycles. The molecule has 1 aliphatic carbocycles. The molecule has 1 aromatic carbocycles. The van der Waals surface area contributed by atoms with Gasteiger partial charge in [0.1, 0.15) is 5.76 Å². The van der Waals surface area contributed by atoms with Gasteiger partial charge < -0.3 is 9.52 Å². The van der Waals surface area contributed by atoms with Crippen LogP contribution in [0.2, 0.25) is 0 Å². The fraction of sp³-hybridized carbons (Fsp3) is 0.345. The van der Waals surface area contributed by atoms with E-state index in [0.29, 0.717) is 11.1 Å². The van der Waals surface area contributed by atoms with Crippen molar-refractivity contribution in [1.29, 1.82) is 0 Å². The quantitative estimate of drug-likeness (QED) is 0.465. The zero-order valence-corrected chi connectivity index (χ0v) is 20.7. The van der Waals surface area contributed by atoms with Crippen molar-refractivity contribution in [3.05, 3.63) is 87.2 Å². The minimum Gasteiger partial charge on any atom is -0.510 e. The summed E-state index contributed by atoms with van der Waals surface area (Å²) in [7, 11) is 0. The van der Waals surface area contributed by atoms with Crippen LogP contribution in [0, 0.1) is 11.3 Å². The first-order valence-electron chi connectivity index (χ1n) is 11.5. The summed E-state index contributed by atoms with van der Waals surface area (Å²) in [5.41, 5.74) is 1.05. The Morgan fingerprint density at radius 1 is 1.00 bits per heavy atom. The van der Waals surface area contributed by atoms with Crippen molar-refractivity contribution in [1.82, 2.24) is 0 Å². The van der Waals surface area contributed by atoms with E-state index < -0.39 is 17.0 Å².